The van der Waals surface area contributed by atoms with Gasteiger partial charge >= 0.3 is 0 Å². The third-order valence-electron chi connectivity index (χ3n) is 6.36. The normalized spacial score (nSPS) is 15.7. The van der Waals surface area contributed by atoms with Crippen molar-refractivity contribution in [3.8, 4) is 5.69 Å². The maximum Gasteiger partial charge on any atom is 0.178 e. The summed E-state index contributed by atoms with van der Waals surface area (Å²) >= 11 is 0. The van der Waals surface area contributed by atoms with Crippen LogP contribution in [0.1, 0.15) is 80.2 Å². The summed E-state index contributed by atoms with van der Waals surface area (Å²) in [6, 6.07) is 10.9. The fourth-order valence-electron chi connectivity index (χ4n) is 4.71. The summed E-state index contributed by atoms with van der Waals surface area (Å²) < 4.78 is 8.15. The van der Waals surface area contributed by atoms with Crippen LogP contribution in [0.2, 0.25) is 0 Å². The molecule has 1 aromatic carbocycles. The number of unbranched alkanes of at least 4 members (excludes halogenated alkanes) is 2. The molecule has 0 N–H and O–H groups in total. The minimum Gasteiger partial charge on any atom is -0.375 e. The van der Waals surface area contributed by atoms with Gasteiger partial charge in [-0.3, -0.25) is 9.69 Å². The molecule has 2 heterocycles. The zero-order chi connectivity index (χ0) is 22.4. The number of Topliss-reactive ketones (excluding diaryl/α,β-unsaturated/α-hetero) is 1. The van der Waals surface area contributed by atoms with Crippen molar-refractivity contribution < 1.29 is 9.53 Å². The highest BCUT2D eigenvalue weighted by Crippen LogP contribution is 2.23. The van der Waals surface area contributed by atoms with Gasteiger partial charge in [-0.15, -0.1) is 0 Å². The van der Waals surface area contributed by atoms with Gasteiger partial charge < -0.3 is 9.30 Å². The second-order valence-electron chi connectivity index (χ2n) is 9.33. The topological polar surface area (TPSA) is 34.5 Å². The summed E-state index contributed by atoms with van der Waals surface area (Å²) in [6.45, 7) is 12.9. The van der Waals surface area contributed by atoms with Crippen LogP contribution in [0.25, 0.3) is 5.69 Å². The molecule has 1 saturated heterocycles. The summed E-state index contributed by atoms with van der Waals surface area (Å²) in [6.07, 6.45) is 7.54. The Morgan fingerprint density at radius 3 is 2.39 bits per heavy atom. The molecule has 0 aliphatic carbocycles. The van der Waals surface area contributed by atoms with Crippen LogP contribution in [-0.2, 0) is 11.2 Å². The van der Waals surface area contributed by atoms with Gasteiger partial charge in [-0.25, -0.2) is 0 Å². The summed E-state index contributed by atoms with van der Waals surface area (Å²) in [7, 11) is 0. The Morgan fingerprint density at radius 1 is 1.10 bits per heavy atom. The maximum absolute atomic E-state index is 13.1. The number of likely N-dealkylation sites (tertiary alicyclic amines) is 1. The predicted octanol–water partition coefficient (Wildman–Crippen LogP) is 5.90. The average Bonchev–Trinajstić information content (AvgIpc) is 3.04. The molecular weight excluding hydrogens is 384 g/mol. The van der Waals surface area contributed by atoms with Crippen molar-refractivity contribution in [2.75, 3.05) is 19.6 Å². The van der Waals surface area contributed by atoms with E-state index in [2.05, 4.69) is 74.4 Å². The van der Waals surface area contributed by atoms with Gasteiger partial charge in [0.1, 0.15) is 0 Å². The van der Waals surface area contributed by atoms with Gasteiger partial charge in [0.15, 0.2) is 5.78 Å². The van der Waals surface area contributed by atoms with Gasteiger partial charge in [-0.05, 0) is 77.1 Å². The smallest absolute Gasteiger partial charge is 0.178 e. The molecular formula is C27H40N2O2. The van der Waals surface area contributed by atoms with E-state index in [9.17, 15) is 4.79 Å². The van der Waals surface area contributed by atoms with E-state index in [-0.39, 0.29) is 11.9 Å². The van der Waals surface area contributed by atoms with Crippen LogP contribution in [0.4, 0.5) is 0 Å². The first-order chi connectivity index (χ1) is 14.9. The number of aryl methyl sites for hydroxylation is 2. The molecule has 0 amide bonds. The van der Waals surface area contributed by atoms with Gasteiger partial charge in [-0.1, -0.05) is 31.9 Å². The Hall–Kier alpha value is -1.91. The molecule has 0 bridgehead atoms. The van der Waals surface area contributed by atoms with E-state index in [1.54, 1.807) is 0 Å². The molecule has 4 heteroatoms. The third-order valence-corrected chi connectivity index (χ3v) is 6.36. The highest BCUT2D eigenvalue weighted by atomic mass is 16.5. The van der Waals surface area contributed by atoms with E-state index in [4.69, 9.17) is 4.74 Å². The van der Waals surface area contributed by atoms with Crippen molar-refractivity contribution in [1.29, 1.82) is 0 Å². The van der Waals surface area contributed by atoms with Crippen LogP contribution in [0.15, 0.2) is 30.3 Å². The molecule has 31 heavy (non-hydrogen) atoms. The van der Waals surface area contributed by atoms with Gasteiger partial charge in [0.25, 0.3) is 0 Å². The van der Waals surface area contributed by atoms with E-state index < -0.39 is 0 Å². The number of piperidine rings is 1. The molecule has 0 spiro atoms. The molecule has 1 aliphatic heterocycles. The van der Waals surface area contributed by atoms with Gasteiger partial charge in [0.2, 0.25) is 0 Å². The van der Waals surface area contributed by atoms with Crippen molar-refractivity contribution in [3.63, 3.8) is 0 Å². The van der Waals surface area contributed by atoms with E-state index in [1.807, 2.05) is 0 Å². The lowest BCUT2D eigenvalue weighted by atomic mass is 10.1. The van der Waals surface area contributed by atoms with E-state index in [1.165, 1.54) is 24.8 Å². The van der Waals surface area contributed by atoms with Crippen molar-refractivity contribution in [1.82, 2.24) is 9.47 Å². The van der Waals surface area contributed by atoms with Crippen LogP contribution >= 0.6 is 0 Å². The minimum absolute atomic E-state index is 0.221. The van der Waals surface area contributed by atoms with E-state index >= 15 is 0 Å². The Bertz CT molecular complexity index is 843. The number of carbonyl (C=O) groups is 1. The third kappa shape index (κ3) is 6.30. The molecule has 0 radical (unpaired) electrons. The van der Waals surface area contributed by atoms with Crippen molar-refractivity contribution >= 4 is 5.78 Å². The molecule has 0 unspecified atom stereocenters. The number of rotatable bonds is 10. The zero-order valence-electron chi connectivity index (χ0n) is 20.1. The number of ketones is 1. The van der Waals surface area contributed by atoms with Crippen LogP contribution < -0.4 is 0 Å². The summed E-state index contributed by atoms with van der Waals surface area (Å²) in [5.41, 5.74) is 5.54. The number of nitrogens with zero attached hydrogens (tertiary/aromatic N) is 2. The van der Waals surface area contributed by atoms with Crippen LogP contribution in [0, 0.1) is 13.8 Å². The summed E-state index contributed by atoms with van der Waals surface area (Å²) in [4.78, 5) is 15.4. The average molecular weight is 425 g/mol. The van der Waals surface area contributed by atoms with Crippen molar-refractivity contribution in [2.24, 2.45) is 0 Å². The van der Waals surface area contributed by atoms with E-state index in [0.29, 0.717) is 12.6 Å². The molecule has 1 fully saturated rings. The lowest BCUT2D eigenvalue weighted by molar-refractivity contribution is -0.0258. The SMILES string of the molecule is CCCCCc1ccc(-n2c(C)cc(C(=O)CN3CCC(OC(C)C)CC3)c2C)cc1. The Labute approximate surface area is 188 Å². The molecule has 2 aromatic rings. The molecule has 0 saturated carbocycles. The lowest BCUT2D eigenvalue weighted by Gasteiger charge is -2.32. The van der Waals surface area contributed by atoms with Crippen molar-refractivity contribution in [2.45, 2.75) is 85.4 Å². The first-order valence-electron chi connectivity index (χ1n) is 12.1. The van der Waals surface area contributed by atoms with Gasteiger partial charge in [-0.2, -0.15) is 0 Å². The fourth-order valence-corrected chi connectivity index (χ4v) is 4.71. The van der Waals surface area contributed by atoms with Gasteiger partial charge in [0.05, 0.1) is 18.8 Å². The highest BCUT2D eigenvalue weighted by Gasteiger charge is 2.24. The van der Waals surface area contributed by atoms with Crippen LogP contribution in [0.5, 0.6) is 0 Å². The highest BCUT2D eigenvalue weighted by molar-refractivity contribution is 5.99. The molecule has 4 nitrogen and oxygen atoms in total. The summed E-state index contributed by atoms with van der Waals surface area (Å²) in [5.74, 6) is 0.221. The first kappa shape index (κ1) is 23.7. The molecule has 0 atom stereocenters. The first-order valence-corrected chi connectivity index (χ1v) is 12.1. The van der Waals surface area contributed by atoms with Gasteiger partial charge in [0, 0.05) is 35.7 Å². The molecule has 3 rings (SSSR count). The standard InChI is InChI=1S/C27H40N2O2/c1-6-7-8-9-23-10-12-24(13-11-23)29-21(4)18-26(22(29)5)27(30)19-28-16-14-25(15-17-28)31-20(2)3/h10-13,18,20,25H,6-9,14-17,19H2,1-5H3. The zero-order valence-corrected chi connectivity index (χ0v) is 20.1. The van der Waals surface area contributed by atoms with Crippen LogP contribution in [-0.4, -0.2) is 47.1 Å². The molecule has 1 aliphatic rings. The monoisotopic (exact) mass is 424 g/mol. The minimum atomic E-state index is 0.221. The van der Waals surface area contributed by atoms with E-state index in [0.717, 1.165) is 55.0 Å². The second kappa shape index (κ2) is 11.1. The summed E-state index contributed by atoms with van der Waals surface area (Å²) in [5, 5.41) is 0. The quantitative estimate of drug-likeness (QED) is 0.352. The lowest BCUT2D eigenvalue weighted by Crippen LogP contribution is -2.40. The number of ether oxygens (including phenoxy) is 1. The predicted molar refractivity (Wildman–Crippen MR) is 128 cm³/mol. The van der Waals surface area contributed by atoms with Crippen molar-refractivity contribution in [3.05, 3.63) is 52.8 Å². The number of benzene rings is 1. The molecule has 170 valence electrons. The maximum atomic E-state index is 13.1. The Kier molecular flexibility index (Phi) is 8.50. The largest absolute Gasteiger partial charge is 0.375 e. The van der Waals surface area contributed by atoms with Crippen LogP contribution in [0.3, 0.4) is 0 Å². The number of hydrogen-bond acceptors (Lipinski definition) is 3. The Morgan fingerprint density at radius 2 is 1.77 bits per heavy atom. The second-order valence-corrected chi connectivity index (χ2v) is 9.33. The molecule has 1 aromatic heterocycles. The Balaban J connectivity index is 1.64. The fraction of sp³-hybridized carbons (Fsp3) is 0.593. The number of hydrogen-bond donors (Lipinski definition) is 0. The number of aromatic nitrogens is 1. The number of carbonyl (C=O) groups excluding carboxylic acids is 1.